The quantitative estimate of drug-likeness (QED) is 0.424. The van der Waals surface area contributed by atoms with Crippen LogP contribution in [-0.4, -0.2) is 39.5 Å². The lowest BCUT2D eigenvalue weighted by Crippen LogP contribution is -2.16. The normalized spacial score (nSPS) is 10.7. The molecule has 0 fully saturated rings. The molecule has 0 spiro atoms. The van der Waals surface area contributed by atoms with Gasteiger partial charge in [0.2, 0.25) is 11.8 Å². The van der Waals surface area contributed by atoms with Gasteiger partial charge in [0.05, 0.1) is 17.9 Å². The van der Waals surface area contributed by atoms with Crippen LogP contribution in [-0.2, 0) is 9.53 Å². The van der Waals surface area contributed by atoms with Crippen molar-refractivity contribution in [2.24, 2.45) is 0 Å². The van der Waals surface area contributed by atoms with Crippen LogP contribution in [0.5, 0.6) is 5.75 Å². The highest BCUT2D eigenvalue weighted by Crippen LogP contribution is 2.33. The van der Waals surface area contributed by atoms with Crippen LogP contribution in [0.15, 0.2) is 33.9 Å². The van der Waals surface area contributed by atoms with Gasteiger partial charge >= 0.3 is 5.97 Å². The Kier molecular flexibility index (Phi) is 6.55. The largest absolute Gasteiger partial charge is 0.508 e. The van der Waals surface area contributed by atoms with E-state index in [0.717, 1.165) is 22.2 Å². The van der Waals surface area contributed by atoms with Crippen LogP contribution in [0.3, 0.4) is 0 Å². The molecule has 152 valence electrons. The minimum absolute atomic E-state index is 0.0372. The van der Waals surface area contributed by atoms with Crippen LogP contribution in [0.25, 0.3) is 11.5 Å². The third kappa shape index (κ3) is 4.96. The summed E-state index contributed by atoms with van der Waals surface area (Å²) in [5.74, 6) is -0.281. The topological polar surface area (TPSA) is 115 Å². The fourth-order valence-electron chi connectivity index (χ4n) is 2.44. The highest BCUT2D eigenvalue weighted by Gasteiger charge is 2.22. The number of carbonyl (C=O) groups is 2. The molecule has 2 heterocycles. The van der Waals surface area contributed by atoms with Gasteiger partial charge in [-0.2, -0.15) is 0 Å². The van der Waals surface area contributed by atoms with E-state index in [9.17, 15) is 14.7 Å². The van der Waals surface area contributed by atoms with Crippen LogP contribution in [0.4, 0.5) is 5.00 Å². The average molecular weight is 434 g/mol. The number of nitrogens with zero attached hydrogens (tertiary/aromatic N) is 2. The molecule has 0 unspecified atom stereocenters. The molecule has 3 aromatic rings. The van der Waals surface area contributed by atoms with Gasteiger partial charge in [-0.15, -0.1) is 21.5 Å². The monoisotopic (exact) mass is 433 g/mol. The number of ether oxygens (including phenoxy) is 1. The number of hydrogen-bond donors (Lipinski definition) is 2. The van der Waals surface area contributed by atoms with Gasteiger partial charge in [0.25, 0.3) is 5.22 Å². The van der Waals surface area contributed by atoms with Crippen molar-refractivity contribution in [1.29, 1.82) is 0 Å². The minimum atomic E-state index is -0.451. The first-order chi connectivity index (χ1) is 13.9. The molecule has 0 aliphatic carbocycles. The highest BCUT2D eigenvalue weighted by atomic mass is 32.2. The molecule has 0 saturated heterocycles. The molecule has 10 heteroatoms. The lowest BCUT2D eigenvalue weighted by molar-refractivity contribution is -0.113. The Balaban J connectivity index is 1.63. The van der Waals surface area contributed by atoms with Gasteiger partial charge in [-0.3, -0.25) is 4.79 Å². The average Bonchev–Trinajstić information content (AvgIpc) is 3.26. The fourth-order valence-corrected chi connectivity index (χ4v) is 4.07. The summed E-state index contributed by atoms with van der Waals surface area (Å²) >= 11 is 2.42. The van der Waals surface area contributed by atoms with Crippen LogP contribution in [0.2, 0.25) is 0 Å². The molecule has 0 atom stereocenters. The molecule has 1 aromatic carbocycles. The number of thiophene rings is 1. The first-order valence-corrected chi connectivity index (χ1v) is 10.5. The van der Waals surface area contributed by atoms with Gasteiger partial charge in [-0.1, -0.05) is 11.8 Å². The number of amides is 1. The second kappa shape index (κ2) is 9.10. The molecule has 0 bridgehead atoms. The van der Waals surface area contributed by atoms with Gasteiger partial charge < -0.3 is 19.6 Å². The van der Waals surface area contributed by atoms with Gasteiger partial charge in [-0.25, -0.2) is 4.79 Å². The van der Waals surface area contributed by atoms with Crippen molar-refractivity contribution < 1.29 is 23.8 Å². The molecule has 2 N–H and O–H groups in total. The van der Waals surface area contributed by atoms with Crippen molar-refractivity contribution in [2.75, 3.05) is 17.7 Å². The predicted molar refractivity (Wildman–Crippen MR) is 111 cm³/mol. The number of phenolic OH excluding ortho intramolecular Hbond substituents is 1. The highest BCUT2D eigenvalue weighted by molar-refractivity contribution is 7.99. The van der Waals surface area contributed by atoms with Crippen molar-refractivity contribution in [3.63, 3.8) is 0 Å². The van der Waals surface area contributed by atoms with Crippen molar-refractivity contribution in [3.8, 4) is 17.2 Å². The maximum Gasteiger partial charge on any atom is 0.341 e. The summed E-state index contributed by atoms with van der Waals surface area (Å²) in [5.41, 5.74) is 1.85. The van der Waals surface area contributed by atoms with E-state index in [4.69, 9.17) is 9.15 Å². The second-order valence-corrected chi connectivity index (χ2v) is 8.12. The molecular formula is C19H19N3O5S2. The Morgan fingerprint density at radius 1 is 1.24 bits per heavy atom. The Morgan fingerprint density at radius 2 is 1.97 bits per heavy atom. The van der Waals surface area contributed by atoms with E-state index < -0.39 is 5.97 Å². The van der Waals surface area contributed by atoms with Crippen molar-refractivity contribution in [2.45, 2.75) is 26.0 Å². The second-order valence-electron chi connectivity index (χ2n) is 5.96. The number of esters is 1. The molecule has 8 nitrogen and oxygen atoms in total. The number of carbonyl (C=O) groups excluding carboxylic acids is 2. The van der Waals surface area contributed by atoms with Gasteiger partial charge in [-0.05, 0) is 50.6 Å². The van der Waals surface area contributed by atoms with E-state index >= 15 is 0 Å². The van der Waals surface area contributed by atoms with Crippen molar-refractivity contribution in [3.05, 3.63) is 40.3 Å². The summed E-state index contributed by atoms with van der Waals surface area (Å²) in [6.07, 6.45) is 0. The summed E-state index contributed by atoms with van der Waals surface area (Å²) in [7, 11) is 0. The van der Waals surface area contributed by atoms with Crippen LogP contribution in [0.1, 0.15) is 27.7 Å². The number of aromatic hydroxyl groups is 1. The third-order valence-corrected chi connectivity index (χ3v) is 5.91. The zero-order chi connectivity index (χ0) is 21.0. The molecular weight excluding hydrogens is 414 g/mol. The summed E-state index contributed by atoms with van der Waals surface area (Å²) in [6, 6.07) is 6.35. The lowest BCUT2D eigenvalue weighted by atomic mass is 10.1. The number of anilines is 1. The molecule has 2 aromatic heterocycles. The molecule has 3 rings (SSSR count). The van der Waals surface area contributed by atoms with E-state index in [2.05, 4.69) is 15.5 Å². The summed E-state index contributed by atoms with van der Waals surface area (Å²) in [6.45, 7) is 5.71. The maximum absolute atomic E-state index is 12.4. The number of benzene rings is 1. The maximum atomic E-state index is 12.4. The van der Waals surface area contributed by atoms with E-state index in [1.807, 2.05) is 13.8 Å². The zero-order valence-corrected chi connectivity index (χ0v) is 17.6. The summed E-state index contributed by atoms with van der Waals surface area (Å²) in [5, 5.41) is 20.7. The Hall–Kier alpha value is -2.85. The number of thioether (sulfide) groups is 1. The molecule has 29 heavy (non-hydrogen) atoms. The van der Waals surface area contributed by atoms with Crippen LogP contribution >= 0.6 is 23.1 Å². The SMILES string of the molecule is CCOC(=O)c1c(NC(=O)CSc2nnc(-c3ccc(O)cc3)o2)sc(C)c1C. The number of aromatic nitrogens is 2. The number of phenols is 1. The van der Waals surface area contributed by atoms with E-state index in [1.54, 1.807) is 19.1 Å². The van der Waals surface area contributed by atoms with Crippen LogP contribution < -0.4 is 5.32 Å². The molecule has 0 aliphatic heterocycles. The Labute approximate surface area is 175 Å². The predicted octanol–water partition coefficient (Wildman–Crippen LogP) is 4.03. The zero-order valence-electron chi connectivity index (χ0n) is 16.0. The van der Waals surface area contributed by atoms with Gasteiger partial charge in [0.15, 0.2) is 0 Å². The summed E-state index contributed by atoms with van der Waals surface area (Å²) in [4.78, 5) is 25.5. The third-order valence-electron chi connectivity index (χ3n) is 3.97. The van der Waals surface area contributed by atoms with Gasteiger partial charge in [0, 0.05) is 10.4 Å². The van der Waals surface area contributed by atoms with E-state index in [1.165, 1.54) is 23.5 Å². The first kappa shape index (κ1) is 20.9. The fraction of sp³-hybridized carbons (Fsp3) is 0.263. The molecule has 0 aliphatic rings. The summed E-state index contributed by atoms with van der Waals surface area (Å²) < 4.78 is 10.6. The number of rotatable bonds is 7. The number of nitrogens with one attached hydrogen (secondary N) is 1. The smallest absolute Gasteiger partial charge is 0.341 e. The van der Waals surface area contributed by atoms with Gasteiger partial charge in [0.1, 0.15) is 10.8 Å². The lowest BCUT2D eigenvalue weighted by Gasteiger charge is -2.06. The van der Waals surface area contributed by atoms with Crippen LogP contribution in [0, 0.1) is 13.8 Å². The first-order valence-electron chi connectivity index (χ1n) is 8.71. The molecule has 1 amide bonds. The Bertz CT molecular complexity index is 1030. The van der Waals surface area contributed by atoms with Crippen molar-refractivity contribution in [1.82, 2.24) is 10.2 Å². The molecule has 0 radical (unpaired) electrons. The minimum Gasteiger partial charge on any atom is -0.508 e. The van der Waals surface area contributed by atoms with Crippen molar-refractivity contribution >= 4 is 40.0 Å². The molecule has 0 saturated carbocycles. The number of hydrogen-bond acceptors (Lipinski definition) is 9. The Morgan fingerprint density at radius 3 is 2.66 bits per heavy atom. The van der Waals surface area contributed by atoms with E-state index in [-0.39, 0.29) is 29.2 Å². The van der Waals surface area contributed by atoms with E-state index in [0.29, 0.717) is 22.0 Å². The standard InChI is InChI=1S/C19H19N3O5S2/c1-4-26-18(25)15-10(2)11(3)29-17(15)20-14(24)9-28-19-22-21-16(27-19)12-5-7-13(23)8-6-12/h5-8,23H,4,9H2,1-3H3,(H,20,24). The number of aryl methyl sites for hydroxylation is 1.